The van der Waals surface area contributed by atoms with Gasteiger partial charge in [-0.05, 0) is 68.8 Å². The third-order valence-corrected chi connectivity index (χ3v) is 6.90. The van der Waals surface area contributed by atoms with Crippen LogP contribution in [0.4, 0.5) is 0 Å². The Labute approximate surface area is 213 Å². The molecule has 0 aliphatic heterocycles. The van der Waals surface area contributed by atoms with Crippen molar-refractivity contribution in [1.29, 1.82) is 0 Å². The van der Waals surface area contributed by atoms with Crippen LogP contribution in [-0.2, 0) is 6.54 Å². The molecule has 0 unspecified atom stereocenters. The van der Waals surface area contributed by atoms with Gasteiger partial charge < -0.3 is 15.0 Å². The summed E-state index contributed by atoms with van der Waals surface area (Å²) in [6.45, 7) is 5.16. The molecule has 0 atom stereocenters. The molecule has 0 spiro atoms. The molecule has 0 saturated heterocycles. The number of pyridine rings is 1. The molecule has 5 nitrogen and oxygen atoms in total. The van der Waals surface area contributed by atoms with Crippen molar-refractivity contribution in [3.63, 3.8) is 0 Å². The van der Waals surface area contributed by atoms with Gasteiger partial charge in [0.25, 0.3) is 5.91 Å². The first-order valence-electron chi connectivity index (χ1n) is 12.7. The number of para-hydroxylation sites is 1. The van der Waals surface area contributed by atoms with E-state index in [0.29, 0.717) is 18.7 Å². The van der Waals surface area contributed by atoms with Gasteiger partial charge in [-0.3, -0.25) is 4.79 Å². The molecule has 1 aliphatic carbocycles. The predicted octanol–water partition coefficient (Wildman–Crippen LogP) is 5.94. The minimum atomic E-state index is -0.0437. The summed E-state index contributed by atoms with van der Waals surface area (Å²) in [5, 5.41) is 4.13. The van der Waals surface area contributed by atoms with E-state index >= 15 is 0 Å². The van der Waals surface area contributed by atoms with Crippen molar-refractivity contribution in [3.8, 4) is 17.0 Å². The highest BCUT2D eigenvalue weighted by molar-refractivity contribution is 6.07. The first-order valence-corrected chi connectivity index (χ1v) is 12.7. The van der Waals surface area contributed by atoms with E-state index in [2.05, 4.69) is 41.5 Å². The van der Waals surface area contributed by atoms with Crippen molar-refractivity contribution in [1.82, 2.24) is 15.2 Å². The quantitative estimate of drug-likeness (QED) is 0.306. The lowest BCUT2D eigenvalue weighted by Crippen LogP contribution is -2.36. The number of carbonyl (C=O) groups is 1. The van der Waals surface area contributed by atoms with E-state index in [9.17, 15) is 4.79 Å². The fourth-order valence-electron chi connectivity index (χ4n) is 4.85. The lowest BCUT2D eigenvalue weighted by atomic mass is 10.0. The molecule has 1 fully saturated rings. The van der Waals surface area contributed by atoms with E-state index in [-0.39, 0.29) is 11.3 Å². The smallest absolute Gasteiger partial charge is 0.252 e. The lowest BCUT2D eigenvalue weighted by Gasteiger charge is -2.24. The number of carbonyl (C=O) groups excluding carboxylic acids is 1. The zero-order valence-electron chi connectivity index (χ0n) is 21.0. The second-order valence-corrected chi connectivity index (χ2v) is 9.87. The van der Waals surface area contributed by atoms with Crippen molar-refractivity contribution in [3.05, 3.63) is 96.1 Å². The van der Waals surface area contributed by atoms with E-state index in [4.69, 9.17) is 9.72 Å². The van der Waals surface area contributed by atoms with E-state index in [0.717, 1.165) is 53.8 Å². The molecule has 1 saturated carbocycles. The van der Waals surface area contributed by atoms with Gasteiger partial charge >= 0.3 is 0 Å². The molecule has 1 N–H and O–H groups in total. The van der Waals surface area contributed by atoms with Gasteiger partial charge in [-0.25, -0.2) is 4.98 Å². The molecule has 4 aromatic rings. The molecule has 3 aromatic carbocycles. The summed E-state index contributed by atoms with van der Waals surface area (Å²) in [6, 6.07) is 28.2. The molecule has 5 heteroatoms. The maximum absolute atomic E-state index is 13.5. The largest absolute Gasteiger partial charge is 0.494 e. The Morgan fingerprint density at radius 3 is 2.44 bits per heavy atom. The predicted molar refractivity (Wildman–Crippen MR) is 145 cm³/mol. The Balaban J connectivity index is 1.31. The fraction of sp³-hybridized carbons (Fsp3) is 0.290. The van der Waals surface area contributed by atoms with E-state index in [1.807, 2.05) is 67.6 Å². The highest BCUT2D eigenvalue weighted by atomic mass is 16.5. The van der Waals surface area contributed by atoms with Crippen LogP contribution in [0.15, 0.2) is 84.9 Å². The molecule has 5 rings (SSSR count). The van der Waals surface area contributed by atoms with Crippen LogP contribution >= 0.6 is 0 Å². The van der Waals surface area contributed by atoms with Crippen LogP contribution in [0, 0.1) is 5.41 Å². The molecular formula is C31H33N3O2. The number of rotatable bonds is 10. The minimum absolute atomic E-state index is 0.0437. The summed E-state index contributed by atoms with van der Waals surface area (Å²) in [6.07, 6.45) is 2.28. The normalized spacial score (nSPS) is 14.1. The zero-order chi connectivity index (χ0) is 25.0. The van der Waals surface area contributed by atoms with Gasteiger partial charge in [0, 0.05) is 36.0 Å². The molecule has 36 heavy (non-hydrogen) atoms. The van der Waals surface area contributed by atoms with E-state index in [1.165, 1.54) is 5.56 Å². The molecule has 0 radical (unpaired) electrons. The number of nitrogens with zero attached hydrogens (tertiary/aromatic N) is 2. The summed E-state index contributed by atoms with van der Waals surface area (Å²) < 4.78 is 5.57. The second kappa shape index (κ2) is 10.5. The summed E-state index contributed by atoms with van der Waals surface area (Å²) in [5.41, 5.74) is 4.69. The van der Waals surface area contributed by atoms with Gasteiger partial charge in [-0.1, -0.05) is 48.5 Å². The van der Waals surface area contributed by atoms with E-state index in [1.54, 1.807) is 0 Å². The molecular weight excluding hydrogens is 446 g/mol. The zero-order valence-corrected chi connectivity index (χ0v) is 21.0. The van der Waals surface area contributed by atoms with Crippen LogP contribution in [0.5, 0.6) is 5.75 Å². The summed E-state index contributed by atoms with van der Waals surface area (Å²) in [5.74, 6) is 0.782. The third kappa shape index (κ3) is 5.58. The summed E-state index contributed by atoms with van der Waals surface area (Å²) in [4.78, 5) is 20.7. The number of hydrogen-bond donors (Lipinski definition) is 1. The number of benzene rings is 3. The second-order valence-electron chi connectivity index (χ2n) is 9.87. The third-order valence-electron chi connectivity index (χ3n) is 6.90. The fourth-order valence-corrected chi connectivity index (χ4v) is 4.85. The average Bonchev–Trinajstić information content (AvgIpc) is 3.67. The number of hydrogen-bond acceptors (Lipinski definition) is 4. The van der Waals surface area contributed by atoms with Crippen LogP contribution in [0.25, 0.3) is 22.2 Å². The Hall–Kier alpha value is -3.70. The molecule has 1 aromatic heterocycles. The van der Waals surface area contributed by atoms with Crippen molar-refractivity contribution in [2.75, 3.05) is 26.7 Å². The highest BCUT2D eigenvalue weighted by Gasteiger charge is 2.43. The molecule has 1 amide bonds. The van der Waals surface area contributed by atoms with Crippen LogP contribution in [0.2, 0.25) is 0 Å². The van der Waals surface area contributed by atoms with Gasteiger partial charge in [0.2, 0.25) is 0 Å². The van der Waals surface area contributed by atoms with Crippen molar-refractivity contribution in [2.24, 2.45) is 5.41 Å². The van der Waals surface area contributed by atoms with Crippen molar-refractivity contribution < 1.29 is 9.53 Å². The van der Waals surface area contributed by atoms with Crippen LogP contribution < -0.4 is 10.1 Å². The number of nitrogens with one attached hydrogen (secondary N) is 1. The van der Waals surface area contributed by atoms with Gasteiger partial charge in [-0.15, -0.1) is 0 Å². The molecule has 1 heterocycles. The highest BCUT2D eigenvalue weighted by Crippen LogP contribution is 2.45. The SMILES string of the molecule is CCOc1ccc(-c2cc(C(=O)NCC3(CN(C)Cc4ccccc4)CC3)c3ccccc3n2)cc1. The maximum atomic E-state index is 13.5. The number of ether oxygens (including phenoxy) is 1. The number of fused-ring (bicyclic) bond motifs is 1. The topological polar surface area (TPSA) is 54.5 Å². The minimum Gasteiger partial charge on any atom is -0.494 e. The van der Waals surface area contributed by atoms with Crippen molar-refractivity contribution >= 4 is 16.8 Å². The molecule has 1 aliphatic rings. The van der Waals surface area contributed by atoms with Gasteiger partial charge in [0.05, 0.1) is 23.4 Å². The first kappa shape index (κ1) is 24.0. The summed E-state index contributed by atoms with van der Waals surface area (Å²) in [7, 11) is 2.16. The molecule has 0 bridgehead atoms. The Morgan fingerprint density at radius 1 is 1.00 bits per heavy atom. The first-order chi connectivity index (χ1) is 17.5. The van der Waals surface area contributed by atoms with Crippen LogP contribution in [-0.4, -0.2) is 42.5 Å². The standard InChI is InChI=1S/C31H33N3O2/c1-3-36-25-15-13-24(14-16-25)29-19-27(26-11-7-8-12-28(26)33-29)30(35)32-21-31(17-18-31)22-34(2)20-23-9-5-4-6-10-23/h4-16,19H,3,17-18,20-22H2,1-2H3,(H,32,35). The monoisotopic (exact) mass is 479 g/mol. The van der Waals surface area contributed by atoms with Gasteiger partial charge in [0.15, 0.2) is 0 Å². The van der Waals surface area contributed by atoms with E-state index < -0.39 is 0 Å². The number of aromatic nitrogens is 1. The van der Waals surface area contributed by atoms with Crippen molar-refractivity contribution in [2.45, 2.75) is 26.3 Å². The average molecular weight is 480 g/mol. The van der Waals surface area contributed by atoms with Crippen LogP contribution in [0.1, 0.15) is 35.7 Å². The Bertz CT molecular complexity index is 1330. The summed E-state index contributed by atoms with van der Waals surface area (Å²) >= 11 is 0. The van der Waals surface area contributed by atoms with Crippen LogP contribution in [0.3, 0.4) is 0 Å². The van der Waals surface area contributed by atoms with Gasteiger partial charge in [0.1, 0.15) is 5.75 Å². The van der Waals surface area contributed by atoms with Gasteiger partial charge in [-0.2, -0.15) is 0 Å². The molecule has 184 valence electrons. The number of amides is 1. The Kier molecular flexibility index (Phi) is 7.01. The Morgan fingerprint density at radius 2 is 1.72 bits per heavy atom. The maximum Gasteiger partial charge on any atom is 0.252 e. The lowest BCUT2D eigenvalue weighted by molar-refractivity contribution is 0.0941.